The first kappa shape index (κ1) is 17.9. The Morgan fingerprint density at radius 1 is 1.22 bits per heavy atom. The molecule has 0 atom stereocenters. The van der Waals surface area contributed by atoms with Crippen LogP contribution in [0.4, 0.5) is 0 Å². The smallest absolute Gasteiger partial charge is 0.183 e. The highest BCUT2D eigenvalue weighted by molar-refractivity contribution is 7.10. The number of rotatable bonds is 6. The fraction of sp³-hybridized carbons (Fsp3) is 0.304. The molecule has 3 nitrogen and oxygen atoms in total. The topological polar surface area (TPSA) is 34.9 Å². The van der Waals surface area contributed by atoms with E-state index < -0.39 is 0 Å². The molecule has 0 saturated heterocycles. The molecular weight excluding hydrogens is 352 g/mol. The van der Waals surface area contributed by atoms with Gasteiger partial charge in [-0.15, -0.1) is 11.3 Å². The highest BCUT2D eigenvalue weighted by atomic mass is 32.1. The zero-order valence-electron chi connectivity index (χ0n) is 15.6. The van der Waals surface area contributed by atoms with Crippen LogP contribution in [0.5, 0.6) is 0 Å². The predicted octanol–water partition coefficient (Wildman–Crippen LogP) is 5.68. The molecule has 0 unspecified atom stereocenters. The minimum Gasteiger partial charge on any atom is -0.339 e. The number of Topliss-reactive ketones (excluding diaryl/α,β-unsaturated/α-hetero) is 1. The lowest BCUT2D eigenvalue weighted by atomic mass is 10.0. The molecule has 3 aromatic rings. The molecule has 4 heteroatoms. The van der Waals surface area contributed by atoms with E-state index in [0.29, 0.717) is 13.0 Å². The van der Waals surface area contributed by atoms with Gasteiger partial charge in [0.2, 0.25) is 0 Å². The zero-order valence-corrected chi connectivity index (χ0v) is 16.5. The van der Waals surface area contributed by atoms with Crippen molar-refractivity contribution in [2.45, 2.75) is 45.6 Å². The highest BCUT2D eigenvalue weighted by Crippen LogP contribution is 2.29. The van der Waals surface area contributed by atoms with Crippen molar-refractivity contribution in [1.82, 2.24) is 9.55 Å². The summed E-state index contributed by atoms with van der Waals surface area (Å²) in [5.41, 5.74) is 5.35. The van der Waals surface area contributed by atoms with Gasteiger partial charge in [-0.2, -0.15) is 0 Å². The summed E-state index contributed by atoms with van der Waals surface area (Å²) in [6.07, 6.45) is 9.67. The van der Waals surface area contributed by atoms with E-state index in [0.717, 1.165) is 33.9 Å². The molecule has 2 aromatic heterocycles. The third-order valence-electron chi connectivity index (χ3n) is 4.98. The van der Waals surface area contributed by atoms with Crippen LogP contribution in [0.1, 0.15) is 58.0 Å². The average Bonchev–Trinajstić information content (AvgIpc) is 3.30. The minimum absolute atomic E-state index is 0.153. The van der Waals surface area contributed by atoms with Crippen LogP contribution in [-0.4, -0.2) is 15.3 Å². The molecule has 0 fully saturated rings. The summed E-state index contributed by atoms with van der Waals surface area (Å²) in [7, 11) is 0. The Bertz CT molecular complexity index is 965. The number of hydrogen-bond acceptors (Lipinski definition) is 3. The number of carbonyl (C=O) groups excluding carboxylic acids is 1. The largest absolute Gasteiger partial charge is 0.339 e. The normalized spacial score (nSPS) is 14.2. The number of carbonyl (C=O) groups is 1. The number of allylic oxidation sites excluding steroid dienone is 2. The van der Waals surface area contributed by atoms with Crippen molar-refractivity contribution >= 4 is 22.7 Å². The second-order valence-electron chi connectivity index (χ2n) is 7.24. The first-order valence-corrected chi connectivity index (χ1v) is 10.4. The number of nitrogens with zero attached hydrogens (tertiary/aromatic N) is 2. The third kappa shape index (κ3) is 4.28. The number of aromatic nitrogens is 2. The number of ketones is 1. The Morgan fingerprint density at radius 2 is 2.07 bits per heavy atom. The van der Waals surface area contributed by atoms with Crippen molar-refractivity contribution in [3.63, 3.8) is 0 Å². The molecule has 2 heterocycles. The molecule has 0 bridgehead atoms. The molecule has 0 saturated carbocycles. The minimum atomic E-state index is 0.153. The Labute approximate surface area is 164 Å². The number of hydrogen-bond donors (Lipinski definition) is 0. The van der Waals surface area contributed by atoms with Crippen LogP contribution in [0.25, 0.3) is 5.57 Å². The molecule has 0 radical (unpaired) electrons. The molecule has 0 aliphatic heterocycles. The Balaban J connectivity index is 1.52. The highest BCUT2D eigenvalue weighted by Gasteiger charge is 2.15. The van der Waals surface area contributed by atoms with Gasteiger partial charge in [0.1, 0.15) is 5.01 Å². The van der Waals surface area contributed by atoms with Crippen molar-refractivity contribution in [3.05, 3.63) is 81.6 Å². The molecule has 138 valence electrons. The molecule has 27 heavy (non-hydrogen) atoms. The maximum atomic E-state index is 12.8. The first-order chi connectivity index (χ1) is 13.2. The van der Waals surface area contributed by atoms with Gasteiger partial charge >= 0.3 is 0 Å². The summed E-state index contributed by atoms with van der Waals surface area (Å²) in [6.45, 7) is 2.68. The lowest BCUT2D eigenvalue weighted by molar-refractivity contribution is 0.0984. The molecule has 0 amide bonds. The van der Waals surface area contributed by atoms with Crippen molar-refractivity contribution in [1.29, 1.82) is 0 Å². The SMILES string of the molecule is Cc1cc(C(=O)Cc2ccccc2)n(Cc2csc(C3=CCCCC3)n2)c1. The molecule has 1 aliphatic rings. The molecule has 0 spiro atoms. The number of benzene rings is 1. The van der Waals surface area contributed by atoms with Gasteiger partial charge in [-0.3, -0.25) is 4.79 Å². The van der Waals surface area contributed by atoms with Gasteiger partial charge in [-0.1, -0.05) is 36.4 Å². The van der Waals surface area contributed by atoms with Gasteiger partial charge < -0.3 is 4.57 Å². The van der Waals surface area contributed by atoms with Crippen LogP contribution in [0.3, 0.4) is 0 Å². The predicted molar refractivity (Wildman–Crippen MR) is 111 cm³/mol. The van der Waals surface area contributed by atoms with Crippen LogP contribution >= 0.6 is 11.3 Å². The van der Waals surface area contributed by atoms with Crippen LogP contribution < -0.4 is 0 Å². The fourth-order valence-corrected chi connectivity index (χ4v) is 4.51. The monoisotopic (exact) mass is 376 g/mol. The van der Waals surface area contributed by atoms with Gasteiger partial charge in [0.05, 0.1) is 17.9 Å². The van der Waals surface area contributed by atoms with E-state index in [1.54, 1.807) is 11.3 Å². The fourth-order valence-electron chi connectivity index (χ4n) is 3.63. The number of aryl methyl sites for hydroxylation is 1. The molecule has 0 N–H and O–H groups in total. The van der Waals surface area contributed by atoms with Crippen molar-refractivity contribution < 1.29 is 4.79 Å². The quantitative estimate of drug-likeness (QED) is 0.518. The van der Waals surface area contributed by atoms with E-state index in [1.807, 2.05) is 43.3 Å². The van der Waals surface area contributed by atoms with E-state index in [9.17, 15) is 4.79 Å². The summed E-state index contributed by atoms with van der Waals surface area (Å²) in [4.78, 5) is 17.7. The van der Waals surface area contributed by atoms with Gasteiger partial charge in [-0.25, -0.2) is 4.98 Å². The Morgan fingerprint density at radius 3 is 2.85 bits per heavy atom. The third-order valence-corrected chi connectivity index (χ3v) is 5.94. The lowest BCUT2D eigenvalue weighted by Crippen LogP contribution is -2.12. The van der Waals surface area contributed by atoms with Gasteiger partial charge in [0.25, 0.3) is 0 Å². The van der Waals surface area contributed by atoms with Crippen molar-refractivity contribution in [2.75, 3.05) is 0 Å². The van der Waals surface area contributed by atoms with E-state index in [1.165, 1.54) is 24.8 Å². The van der Waals surface area contributed by atoms with E-state index in [2.05, 4.69) is 22.2 Å². The molecule has 1 aromatic carbocycles. The van der Waals surface area contributed by atoms with E-state index >= 15 is 0 Å². The zero-order chi connectivity index (χ0) is 18.6. The number of thiazole rings is 1. The van der Waals surface area contributed by atoms with Gasteiger partial charge in [0, 0.05) is 18.0 Å². The summed E-state index contributed by atoms with van der Waals surface area (Å²) in [5, 5.41) is 3.27. The molecule has 1 aliphatic carbocycles. The van der Waals surface area contributed by atoms with Gasteiger partial charge in [-0.05, 0) is 55.4 Å². The second kappa shape index (κ2) is 8.05. The molecular formula is C23H24N2OS. The van der Waals surface area contributed by atoms with E-state index in [-0.39, 0.29) is 5.78 Å². The summed E-state index contributed by atoms with van der Waals surface area (Å²) in [5.74, 6) is 0.153. The van der Waals surface area contributed by atoms with E-state index in [4.69, 9.17) is 4.98 Å². The van der Waals surface area contributed by atoms with Gasteiger partial charge in [0.15, 0.2) is 5.78 Å². The Hall–Kier alpha value is -2.46. The lowest BCUT2D eigenvalue weighted by Gasteiger charge is -2.09. The second-order valence-corrected chi connectivity index (χ2v) is 8.09. The van der Waals surface area contributed by atoms with Crippen molar-refractivity contribution in [3.8, 4) is 0 Å². The summed E-state index contributed by atoms with van der Waals surface area (Å²) >= 11 is 1.72. The molecule has 4 rings (SSSR count). The summed E-state index contributed by atoms with van der Waals surface area (Å²) in [6, 6.07) is 11.9. The van der Waals surface area contributed by atoms with Crippen molar-refractivity contribution in [2.24, 2.45) is 0 Å². The van der Waals surface area contributed by atoms with Crippen LogP contribution in [0.15, 0.2) is 54.1 Å². The standard InChI is InChI=1S/C23H24N2OS/c1-17-12-21(22(26)13-18-8-4-2-5-9-18)25(14-17)15-20-16-27-23(24-20)19-10-6-3-7-11-19/h2,4-5,8-10,12,14,16H,3,6-7,11,13,15H2,1H3. The Kier molecular flexibility index (Phi) is 5.35. The first-order valence-electron chi connectivity index (χ1n) is 9.57. The van der Waals surface area contributed by atoms with Crippen LogP contribution in [0, 0.1) is 6.92 Å². The maximum absolute atomic E-state index is 12.8. The van der Waals surface area contributed by atoms with Crippen LogP contribution in [0.2, 0.25) is 0 Å². The summed E-state index contributed by atoms with van der Waals surface area (Å²) < 4.78 is 2.05. The maximum Gasteiger partial charge on any atom is 0.183 e. The average molecular weight is 377 g/mol. The van der Waals surface area contributed by atoms with Crippen LogP contribution in [-0.2, 0) is 13.0 Å².